The molecule has 0 bridgehead atoms. The van der Waals surface area contributed by atoms with Gasteiger partial charge in [0.25, 0.3) is 5.91 Å². The third-order valence-electron chi connectivity index (χ3n) is 3.67. The molecule has 0 saturated carbocycles. The number of hydrogen-bond donors (Lipinski definition) is 0. The Kier molecular flexibility index (Phi) is 5.61. The van der Waals surface area contributed by atoms with E-state index in [0.717, 1.165) is 5.56 Å². The van der Waals surface area contributed by atoms with Crippen LogP contribution in [0.4, 0.5) is 0 Å². The van der Waals surface area contributed by atoms with E-state index in [9.17, 15) is 4.79 Å². The molecule has 1 unspecified atom stereocenters. The van der Waals surface area contributed by atoms with Crippen molar-refractivity contribution in [1.82, 2.24) is 4.90 Å². The number of nitriles is 1. The van der Waals surface area contributed by atoms with Crippen molar-refractivity contribution in [1.29, 1.82) is 5.26 Å². The highest BCUT2D eigenvalue weighted by molar-refractivity contribution is 6.32. The number of amides is 1. The van der Waals surface area contributed by atoms with Gasteiger partial charge in [0.05, 0.1) is 22.7 Å². The minimum atomic E-state index is -0.151. The lowest BCUT2D eigenvalue weighted by Crippen LogP contribution is -2.33. The maximum Gasteiger partial charge on any atom is 0.260 e. The second-order valence-electron chi connectivity index (χ2n) is 5.14. The molecule has 0 aliphatic rings. The smallest absolute Gasteiger partial charge is 0.260 e. The first-order chi connectivity index (χ1) is 11.0. The first-order valence-corrected chi connectivity index (χ1v) is 7.53. The summed E-state index contributed by atoms with van der Waals surface area (Å²) in [6.45, 7) is 1.85. The van der Waals surface area contributed by atoms with E-state index in [2.05, 4.69) is 0 Å². The normalized spacial score (nSPS) is 11.4. The molecule has 2 rings (SSSR count). The summed E-state index contributed by atoms with van der Waals surface area (Å²) in [5, 5.41) is 9.12. The molecule has 0 fully saturated rings. The van der Waals surface area contributed by atoms with Crippen molar-refractivity contribution in [2.24, 2.45) is 0 Å². The molecular formula is C18H17ClN2O2. The van der Waals surface area contributed by atoms with Crippen molar-refractivity contribution >= 4 is 17.5 Å². The molecule has 2 aromatic carbocycles. The Morgan fingerprint density at radius 2 is 2.00 bits per heavy atom. The molecule has 0 radical (unpaired) electrons. The Labute approximate surface area is 140 Å². The van der Waals surface area contributed by atoms with E-state index in [1.165, 1.54) is 6.07 Å². The molecule has 118 valence electrons. The van der Waals surface area contributed by atoms with Crippen LogP contribution in [0.5, 0.6) is 5.75 Å². The molecule has 1 amide bonds. The number of carbonyl (C=O) groups is 1. The minimum Gasteiger partial charge on any atom is -0.482 e. The molecule has 0 heterocycles. The van der Waals surface area contributed by atoms with Crippen molar-refractivity contribution in [2.75, 3.05) is 13.7 Å². The largest absolute Gasteiger partial charge is 0.482 e. The average molecular weight is 329 g/mol. The van der Waals surface area contributed by atoms with Crippen LogP contribution in [0.3, 0.4) is 0 Å². The van der Waals surface area contributed by atoms with Gasteiger partial charge in [-0.3, -0.25) is 4.79 Å². The van der Waals surface area contributed by atoms with Crippen LogP contribution in [-0.2, 0) is 4.79 Å². The van der Waals surface area contributed by atoms with Crippen LogP contribution >= 0.6 is 11.6 Å². The number of benzene rings is 2. The number of hydrogen-bond acceptors (Lipinski definition) is 3. The van der Waals surface area contributed by atoms with E-state index in [1.54, 1.807) is 24.1 Å². The second kappa shape index (κ2) is 7.66. The standard InChI is InChI=1S/C18H17ClN2O2/c1-13(15-6-4-3-5-7-15)21(2)18(22)12-23-17-9-8-14(11-20)10-16(17)19/h3-10,13H,12H2,1-2H3. The Balaban J connectivity index is 1.98. The fraction of sp³-hybridized carbons (Fsp3) is 0.222. The summed E-state index contributed by atoms with van der Waals surface area (Å²) in [7, 11) is 1.74. The molecule has 1 atom stereocenters. The SMILES string of the molecule is CC(c1ccccc1)N(C)C(=O)COc1ccc(C#N)cc1Cl. The highest BCUT2D eigenvalue weighted by Gasteiger charge is 2.18. The minimum absolute atomic E-state index is 0.0521. The molecule has 0 aliphatic carbocycles. The van der Waals surface area contributed by atoms with Gasteiger partial charge in [-0.1, -0.05) is 41.9 Å². The first-order valence-electron chi connectivity index (χ1n) is 7.16. The molecular weight excluding hydrogens is 312 g/mol. The maximum absolute atomic E-state index is 12.3. The molecule has 2 aromatic rings. The number of ether oxygens (including phenoxy) is 1. The van der Waals surface area contributed by atoms with E-state index in [0.29, 0.717) is 16.3 Å². The van der Waals surface area contributed by atoms with Crippen LogP contribution in [0, 0.1) is 11.3 Å². The number of carbonyl (C=O) groups excluding carboxylic acids is 1. The quantitative estimate of drug-likeness (QED) is 0.838. The van der Waals surface area contributed by atoms with Crippen LogP contribution in [0.1, 0.15) is 24.1 Å². The van der Waals surface area contributed by atoms with Gasteiger partial charge in [-0.25, -0.2) is 0 Å². The molecule has 0 N–H and O–H groups in total. The highest BCUT2D eigenvalue weighted by atomic mass is 35.5. The van der Waals surface area contributed by atoms with E-state index in [-0.39, 0.29) is 18.6 Å². The lowest BCUT2D eigenvalue weighted by Gasteiger charge is -2.25. The average Bonchev–Trinajstić information content (AvgIpc) is 2.59. The van der Waals surface area contributed by atoms with Gasteiger partial charge in [0.15, 0.2) is 6.61 Å². The summed E-state index contributed by atoms with van der Waals surface area (Å²) in [6, 6.07) is 16.4. The van der Waals surface area contributed by atoms with Crippen LogP contribution in [0.15, 0.2) is 48.5 Å². The molecule has 5 heteroatoms. The lowest BCUT2D eigenvalue weighted by molar-refractivity contribution is -0.134. The van der Waals surface area contributed by atoms with Gasteiger partial charge >= 0.3 is 0 Å². The topological polar surface area (TPSA) is 53.3 Å². The predicted octanol–water partition coefficient (Wildman–Crippen LogP) is 3.81. The van der Waals surface area contributed by atoms with Crippen LogP contribution in [-0.4, -0.2) is 24.5 Å². The van der Waals surface area contributed by atoms with E-state index in [4.69, 9.17) is 21.6 Å². The maximum atomic E-state index is 12.3. The first kappa shape index (κ1) is 16.9. The summed E-state index contributed by atoms with van der Waals surface area (Å²) in [5.41, 5.74) is 1.50. The predicted molar refractivity (Wildman–Crippen MR) is 89.3 cm³/mol. The van der Waals surface area contributed by atoms with Crippen LogP contribution in [0.25, 0.3) is 0 Å². The second-order valence-corrected chi connectivity index (χ2v) is 5.54. The fourth-order valence-corrected chi connectivity index (χ4v) is 2.33. The van der Waals surface area contributed by atoms with Gasteiger partial charge in [0.2, 0.25) is 0 Å². The molecule has 0 saturated heterocycles. The van der Waals surface area contributed by atoms with Crippen molar-refractivity contribution in [3.8, 4) is 11.8 Å². The van der Waals surface area contributed by atoms with Crippen molar-refractivity contribution < 1.29 is 9.53 Å². The zero-order valence-corrected chi connectivity index (χ0v) is 13.7. The number of likely N-dealkylation sites (N-methyl/N-ethyl adjacent to an activating group) is 1. The zero-order chi connectivity index (χ0) is 16.8. The molecule has 4 nitrogen and oxygen atoms in total. The summed E-state index contributed by atoms with van der Waals surface area (Å²) in [5.74, 6) is 0.238. The van der Waals surface area contributed by atoms with E-state index >= 15 is 0 Å². The van der Waals surface area contributed by atoms with Gasteiger partial charge in [0.1, 0.15) is 5.75 Å². The summed E-state index contributed by atoms with van der Waals surface area (Å²) >= 11 is 6.03. The molecule has 23 heavy (non-hydrogen) atoms. The number of nitrogens with zero attached hydrogens (tertiary/aromatic N) is 2. The highest BCUT2D eigenvalue weighted by Crippen LogP contribution is 2.25. The van der Waals surface area contributed by atoms with Crippen LogP contribution in [0.2, 0.25) is 5.02 Å². The van der Waals surface area contributed by atoms with Crippen LogP contribution < -0.4 is 4.74 Å². The fourth-order valence-electron chi connectivity index (χ4n) is 2.10. The van der Waals surface area contributed by atoms with Gasteiger partial charge in [-0.05, 0) is 30.7 Å². The third-order valence-corrected chi connectivity index (χ3v) is 3.96. The third kappa shape index (κ3) is 4.24. The van der Waals surface area contributed by atoms with E-state index < -0.39 is 0 Å². The summed E-state index contributed by atoms with van der Waals surface area (Å²) in [6.07, 6.45) is 0. The Bertz CT molecular complexity index is 726. The van der Waals surface area contributed by atoms with Gasteiger partial charge in [0, 0.05) is 7.05 Å². The van der Waals surface area contributed by atoms with Crippen molar-refractivity contribution in [2.45, 2.75) is 13.0 Å². The molecule has 0 aliphatic heterocycles. The summed E-state index contributed by atoms with van der Waals surface area (Å²) in [4.78, 5) is 13.9. The lowest BCUT2D eigenvalue weighted by atomic mass is 10.1. The molecule has 0 spiro atoms. The number of rotatable bonds is 5. The Hall–Kier alpha value is -2.51. The summed E-state index contributed by atoms with van der Waals surface area (Å²) < 4.78 is 5.47. The van der Waals surface area contributed by atoms with Crippen molar-refractivity contribution in [3.63, 3.8) is 0 Å². The Morgan fingerprint density at radius 1 is 1.30 bits per heavy atom. The van der Waals surface area contributed by atoms with Gasteiger partial charge in [-0.2, -0.15) is 5.26 Å². The zero-order valence-electron chi connectivity index (χ0n) is 13.0. The number of halogens is 1. The van der Waals surface area contributed by atoms with E-state index in [1.807, 2.05) is 43.3 Å². The monoisotopic (exact) mass is 328 g/mol. The van der Waals surface area contributed by atoms with Crippen molar-refractivity contribution in [3.05, 3.63) is 64.7 Å². The van der Waals surface area contributed by atoms with Gasteiger partial charge < -0.3 is 9.64 Å². The Morgan fingerprint density at radius 3 is 2.61 bits per heavy atom. The molecule has 0 aromatic heterocycles. The van der Waals surface area contributed by atoms with Gasteiger partial charge in [-0.15, -0.1) is 0 Å².